The zero-order chi connectivity index (χ0) is 22.3. The molecule has 2 saturated heterocycles. The third-order valence-electron chi connectivity index (χ3n) is 5.96. The number of methoxy groups -OCH3 is 1. The number of β-amino-alcohol motifs (C(OH)–C–C–N with tert-alkyl or cyclic N) is 1. The third-order valence-corrected chi connectivity index (χ3v) is 5.96. The number of carbonyl (C=O) groups excluding carboxylic acids is 1. The smallest absolute Gasteiger partial charge is 0.321 e. The quantitative estimate of drug-likeness (QED) is 0.684. The van der Waals surface area contributed by atoms with Crippen LogP contribution in [0.2, 0.25) is 0 Å². The molecule has 10 heteroatoms. The van der Waals surface area contributed by atoms with E-state index in [1.165, 1.54) is 0 Å². The highest BCUT2D eigenvalue weighted by molar-refractivity contribution is 5.89. The van der Waals surface area contributed by atoms with E-state index >= 15 is 0 Å². The first-order valence-corrected chi connectivity index (χ1v) is 11.0. The number of amides is 2. The number of ether oxygens (including phenoxy) is 1. The fourth-order valence-electron chi connectivity index (χ4n) is 4.04. The highest BCUT2D eigenvalue weighted by Gasteiger charge is 2.23. The summed E-state index contributed by atoms with van der Waals surface area (Å²) in [5, 5.41) is 20.9. The van der Waals surface area contributed by atoms with E-state index in [1.807, 2.05) is 35.2 Å². The molecule has 2 amide bonds. The van der Waals surface area contributed by atoms with Gasteiger partial charge >= 0.3 is 6.03 Å². The van der Waals surface area contributed by atoms with Crippen molar-refractivity contribution in [3.63, 3.8) is 0 Å². The number of aliphatic hydroxyl groups excluding tert-OH is 1. The van der Waals surface area contributed by atoms with Gasteiger partial charge in [-0.15, -0.1) is 10.2 Å². The van der Waals surface area contributed by atoms with E-state index in [2.05, 4.69) is 30.2 Å². The number of aliphatic hydroxyl groups is 1. The minimum atomic E-state index is -0.111. The number of anilines is 3. The molecule has 1 aromatic heterocycles. The lowest BCUT2D eigenvalue weighted by molar-refractivity contribution is 0.188. The number of nitrogens with one attached hydrogen (secondary N) is 1. The fraction of sp³-hybridized carbons (Fsp3) is 0.500. The van der Waals surface area contributed by atoms with E-state index in [0.717, 1.165) is 50.0 Å². The van der Waals surface area contributed by atoms with Crippen LogP contribution in [0.1, 0.15) is 0 Å². The van der Waals surface area contributed by atoms with Crippen molar-refractivity contribution in [1.82, 2.24) is 20.0 Å². The summed E-state index contributed by atoms with van der Waals surface area (Å²) in [5.74, 6) is 2.43. The molecule has 0 bridgehead atoms. The number of hydrogen-bond donors (Lipinski definition) is 2. The molecule has 0 unspecified atom stereocenters. The number of rotatable bonds is 6. The molecular weight excluding hydrogens is 410 g/mol. The largest absolute Gasteiger partial charge is 0.497 e. The molecule has 0 saturated carbocycles. The zero-order valence-corrected chi connectivity index (χ0v) is 18.5. The van der Waals surface area contributed by atoms with Gasteiger partial charge in [-0.1, -0.05) is 6.07 Å². The van der Waals surface area contributed by atoms with Gasteiger partial charge in [0, 0.05) is 70.7 Å². The van der Waals surface area contributed by atoms with E-state index in [1.54, 1.807) is 13.2 Å². The zero-order valence-electron chi connectivity index (χ0n) is 18.5. The molecule has 10 nitrogen and oxygen atoms in total. The summed E-state index contributed by atoms with van der Waals surface area (Å²) in [5.41, 5.74) is 0.718. The van der Waals surface area contributed by atoms with Gasteiger partial charge in [-0.2, -0.15) is 0 Å². The van der Waals surface area contributed by atoms with Gasteiger partial charge in [-0.25, -0.2) is 4.79 Å². The van der Waals surface area contributed by atoms with E-state index in [4.69, 9.17) is 9.84 Å². The van der Waals surface area contributed by atoms with E-state index in [0.29, 0.717) is 31.9 Å². The van der Waals surface area contributed by atoms with Crippen LogP contribution in [0.15, 0.2) is 36.4 Å². The molecule has 32 heavy (non-hydrogen) atoms. The molecule has 0 radical (unpaired) electrons. The van der Waals surface area contributed by atoms with Gasteiger partial charge in [0.05, 0.1) is 13.7 Å². The second-order valence-corrected chi connectivity index (χ2v) is 7.94. The van der Waals surface area contributed by atoms with Gasteiger partial charge in [0.2, 0.25) is 0 Å². The van der Waals surface area contributed by atoms with Crippen LogP contribution in [0.3, 0.4) is 0 Å². The lowest BCUT2D eigenvalue weighted by atomic mass is 10.3. The molecule has 1 aromatic carbocycles. The molecule has 2 N–H and O–H groups in total. The number of carbonyl (C=O) groups is 1. The monoisotopic (exact) mass is 441 g/mol. The molecule has 3 heterocycles. The summed E-state index contributed by atoms with van der Waals surface area (Å²) in [6.45, 7) is 7.18. The third kappa shape index (κ3) is 5.38. The Kier molecular flexibility index (Phi) is 7.23. The van der Waals surface area contributed by atoms with Crippen molar-refractivity contribution in [2.75, 3.05) is 87.7 Å². The first kappa shape index (κ1) is 22.1. The Morgan fingerprint density at radius 3 is 2.16 bits per heavy atom. The summed E-state index contributed by atoms with van der Waals surface area (Å²) in [6, 6.07) is 11.3. The van der Waals surface area contributed by atoms with E-state index < -0.39 is 0 Å². The Hall–Kier alpha value is -3.11. The Labute approximate surface area is 188 Å². The Balaban J connectivity index is 1.26. The minimum Gasteiger partial charge on any atom is -0.497 e. The maximum absolute atomic E-state index is 12.6. The first-order chi connectivity index (χ1) is 15.7. The van der Waals surface area contributed by atoms with E-state index in [-0.39, 0.29) is 12.6 Å². The predicted octanol–water partition coefficient (Wildman–Crippen LogP) is 0.954. The molecule has 172 valence electrons. The van der Waals surface area contributed by atoms with Gasteiger partial charge < -0.3 is 29.9 Å². The molecule has 2 aliphatic rings. The summed E-state index contributed by atoms with van der Waals surface area (Å²) in [4.78, 5) is 21.0. The Bertz CT molecular complexity index is 879. The average molecular weight is 442 g/mol. The SMILES string of the molecule is COc1cccc(NC(=O)N2CCN(c3ccc(N4CCN(CCO)CC4)nn3)CC2)c1. The van der Waals surface area contributed by atoms with Crippen molar-refractivity contribution in [3.8, 4) is 5.75 Å². The lowest BCUT2D eigenvalue weighted by Gasteiger charge is -2.36. The summed E-state index contributed by atoms with van der Waals surface area (Å²) in [7, 11) is 1.61. The van der Waals surface area contributed by atoms with E-state index in [9.17, 15) is 4.79 Å². The number of benzene rings is 1. The lowest BCUT2D eigenvalue weighted by Crippen LogP contribution is -2.50. The Morgan fingerprint density at radius 2 is 1.59 bits per heavy atom. The molecule has 0 spiro atoms. The highest BCUT2D eigenvalue weighted by atomic mass is 16.5. The molecule has 4 rings (SSSR count). The van der Waals surface area contributed by atoms with Crippen LogP contribution < -0.4 is 19.9 Å². The number of piperazine rings is 2. The van der Waals surface area contributed by atoms with Crippen LogP contribution >= 0.6 is 0 Å². The number of hydrogen-bond acceptors (Lipinski definition) is 8. The van der Waals surface area contributed by atoms with Crippen molar-refractivity contribution in [1.29, 1.82) is 0 Å². The highest BCUT2D eigenvalue weighted by Crippen LogP contribution is 2.20. The van der Waals surface area contributed by atoms with Crippen molar-refractivity contribution < 1.29 is 14.6 Å². The number of aromatic nitrogens is 2. The van der Waals surface area contributed by atoms with Gasteiger partial charge in [0.25, 0.3) is 0 Å². The maximum atomic E-state index is 12.6. The van der Waals surface area contributed by atoms with Crippen LogP contribution in [-0.4, -0.2) is 104 Å². The summed E-state index contributed by atoms with van der Waals surface area (Å²) < 4.78 is 5.21. The Morgan fingerprint density at radius 1 is 0.969 bits per heavy atom. The topological polar surface area (TPSA) is 97.3 Å². The van der Waals surface area contributed by atoms with Crippen LogP contribution in [0.4, 0.5) is 22.1 Å². The number of urea groups is 1. The van der Waals surface area contributed by atoms with Crippen LogP contribution in [0, 0.1) is 0 Å². The van der Waals surface area contributed by atoms with Gasteiger partial charge in [-0.05, 0) is 24.3 Å². The maximum Gasteiger partial charge on any atom is 0.321 e. The molecule has 2 fully saturated rings. The van der Waals surface area contributed by atoms with Crippen LogP contribution in [0.5, 0.6) is 5.75 Å². The van der Waals surface area contributed by atoms with Crippen LogP contribution in [-0.2, 0) is 0 Å². The molecule has 0 atom stereocenters. The van der Waals surface area contributed by atoms with Crippen molar-refractivity contribution in [2.45, 2.75) is 0 Å². The van der Waals surface area contributed by atoms with Crippen molar-refractivity contribution in [3.05, 3.63) is 36.4 Å². The van der Waals surface area contributed by atoms with Gasteiger partial charge in [0.15, 0.2) is 11.6 Å². The van der Waals surface area contributed by atoms with Crippen LogP contribution in [0.25, 0.3) is 0 Å². The first-order valence-electron chi connectivity index (χ1n) is 11.0. The minimum absolute atomic E-state index is 0.111. The summed E-state index contributed by atoms with van der Waals surface area (Å²) >= 11 is 0. The molecule has 2 aromatic rings. The fourth-order valence-corrected chi connectivity index (χ4v) is 4.04. The second kappa shape index (κ2) is 10.5. The second-order valence-electron chi connectivity index (χ2n) is 7.94. The van der Waals surface area contributed by atoms with Crippen molar-refractivity contribution >= 4 is 23.4 Å². The number of nitrogens with zero attached hydrogens (tertiary/aromatic N) is 6. The standard InChI is InChI=1S/C22H31N7O3/c1-32-19-4-2-3-18(17-19)23-22(31)29-13-11-28(12-14-29)21-6-5-20(24-25-21)27-9-7-26(8-10-27)15-16-30/h2-6,17,30H,7-16H2,1H3,(H,23,31). The average Bonchev–Trinajstić information content (AvgIpc) is 2.85. The molecule has 2 aliphatic heterocycles. The summed E-state index contributed by atoms with van der Waals surface area (Å²) in [6.07, 6.45) is 0. The van der Waals surface area contributed by atoms with Gasteiger partial charge in [-0.3, -0.25) is 4.90 Å². The van der Waals surface area contributed by atoms with Crippen molar-refractivity contribution in [2.24, 2.45) is 0 Å². The molecular formula is C22H31N7O3. The predicted molar refractivity (Wildman–Crippen MR) is 124 cm³/mol. The molecule has 0 aliphatic carbocycles. The normalized spacial score (nSPS) is 17.4. The van der Waals surface area contributed by atoms with Gasteiger partial charge in [0.1, 0.15) is 5.75 Å².